The molecule has 2 rings (SSSR count). The third kappa shape index (κ3) is 2.87. The van der Waals surface area contributed by atoms with E-state index in [9.17, 15) is 4.79 Å². The van der Waals surface area contributed by atoms with E-state index >= 15 is 0 Å². The topological polar surface area (TPSA) is 46.3 Å². The smallest absolute Gasteiger partial charge is 0.227 e. The van der Waals surface area contributed by atoms with E-state index in [1.54, 1.807) is 0 Å². The fourth-order valence-corrected chi connectivity index (χ4v) is 3.71. The molecule has 0 aromatic rings. The number of rotatable bonds is 3. The summed E-state index contributed by atoms with van der Waals surface area (Å²) in [7, 11) is 0. The number of nitrogens with zero attached hydrogens (tertiary/aromatic N) is 1. The molecule has 18 heavy (non-hydrogen) atoms. The van der Waals surface area contributed by atoms with E-state index < -0.39 is 0 Å². The first kappa shape index (κ1) is 13.9. The van der Waals surface area contributed by atoms with Crippen LogP contribution in [0.2, 0.25) is 0 Å². The minimum atomic E-state index is 0.0781. The van der Waals surface area contributed by atoms with Gasteiger partial charge >= 0.3 is 0 Å². The Morgan fingerprint density at radius 3 is 2.50 bits per heavy atom. The average molecular weight is 252 g/mol. The Balaban J connectivity index is 2.02. The number of hydrogen-bond acceptors (Lipinski definition) is 2. The molecule has 2 aliphatic carbocycles. The number of nitrogens with two attached hydrogens (primary N) is 1. The summed E-state index contributed by atoms with van der Waals surface area (Å²) in [5, 5.41) is 0. The summed E-state index contributed by atoms with van der Waals surface area (Å²) >= 11 is 0. The van der Waals surface area contributed by atoms with Gasteiger partial charge in [-0.25, -0.2) is 0 Å². The number of amides is 1. The van der Waals surface area contributed by atoms with Crippen LogP contribution < -0.4 is 5.73 Å². The molecule has 0 heterocycles. The highest BCUT2D eigenvalue weighted by Gasteiger charge is 2.36. The van der Waals surface area contributed by atoms with Gasteiger partial charge in [-0.2, -0.15) is 0 Å². The van der Waals surface area contributed by atoms with Crippen molar-refractivity contribution in [3.8, 4) is 0 Å². The summed E-state index contributed by atoms with van der Waals surface area (Å²) in [5.41, 5.74) is 6.19. The van der Waals surface area contributed by atoms with Crippen molar-refractivity contribution in [3.63, 3.8) is 0 Å². The van der Waals surface area contributed by atoms with Crippen LogP contribution in [0.4, 0.5) is 0 Å². The molecule has 0 aromatic carbocycles. The molecule has 0 aliphatic heterocycles. The maximum Gasteiger partial charge on any atom is 0.227 e. The minimum Gasteiger partial charge on any atom is -0.340 e. The molecule has 0 radical (unpaired) electrons. The predicted octanol–water partition coefficient (Wildman–Crippen LogP) is 2.54. The van der Waals surface area contributed by atoms with Gasteiger partial charge in [-0.15, -0.1) is 0 Å². The van der Waals surface area contributed by atoms with E-state index in [4.69, 9.17) is 5.73 Å². The van der Waals surface area contributed by atoms with Crippen LogP contribution in [0.15, 0.2) is 0 Å². The molecule has 3 heteroatoms. The summed E-state index contributed by atoms with van der Waals surface area (Å²) in [6.45, 7) is 5.20. The first-order valence-electron chi connectivity index (χ1n) is 7.69. The zero-order valence-corrected chi connectivity index (χ0v) is 11.9. The van der Waals surface area contributed by atoms with Crippen LogP contribution in [0.3, 0.4) is 0 Å². The van der Waals surface area contributed by atoms with Crippen LogP contribution in [0.5, 0.6) is 0 Å². The molecule has 2 N–H and O–H groups in total. The van der Waals surface area contributed by atoms with E-state index in [1.807, 2.05) is 0 Å². The number of carbonyl (C=O) groups excluding carboxylic acids is 1. The molecule has 0 spiro atoms. The van der Waals surface area contributed by atoms with Gasteiger partial charge in [0.05, 0.1) is 5.92 Å². The summed E-state index contributed by atoms with van der Waals surface area (Å²) in [4.78, 5) is 14.8. The first-order chi connectivity index (χ1) is 8.63. The molecule has 3 unspecified atom stereocenters. The van der Waals surface area contributed by atoms with Crippen LogP contribution in [0.25, 0.3) is 0 Å². The van der Waals surface area contributed by atoms with Crippen molar-refractivity contribution in [1.29, 1.82) is 0 Å². The molecule has 2 aliphatic rings. The van der Waals surface area contributed by atoms with E-state index in [0.717, 1.165) is 19.4 Å². The summed E-state index contributed by atoms with van der Waals surface area (Å²) in [6, 6.07) is 0.580. The number of hydrogen-bond donors (Lipinski definition) is 1. The van der Waals surface area contributed by atoms with Gasteiger partial charge < -0.3 is 10.6 Å². The Kier molecular flexibility index (Phi) is 4.66. The molecule has 1 amide bonds. The fraction of sp³-hybridized carbons (Fsp3) is 0.933. The highest BCUT2D eigenvalue weighted by Crippen LogP contribution is 2.31. The second-order valence-corrected chi connectivity index (χ2v) is 6.25. The van der Waals surface area contributed by atoms with Gasteiger partial charge in [0, 0.05) is 18.6 Å². The first-order valence-corrected chi connectivity index (χ1v) is 7.69. The van der Waals surface area contributed by atoms with E-state index in [2.05, 4.69) is 18.7 Å². The van der Waals surface area contributed by atoms with Crippen molar-refractivity contribution < 1.29 is 4.79 Å². The van der Waals surface area contributed by atoms with Gasteiger partial charge in [0.25, 0.3) is 0 Å². The van der Waals surface area contributed by atoms with Crippen molar-refractivity contribution in [3.05, 3.63) is 0 Å². The van der Waals surface area contributed by atoms with Crippen LogP contribution in [0.1, 0.15) is 58.8 Å². The maximum atomic E-state index is 12.7. The Hall–Kier alpha value is -0.570. The zero-order chi connectivity index (χ0) is 13.1. The molecule has 0 bridgehead atoms. The SMILES string of the molecule is CCN(C(=O)C1CC(C)CCC1N)C1CCCC1. The molecule has 2 fully saturated rings. The van der Waals surface area contributed by atoms with Crippen LogP contribution in [0, 0.1) is 11.8 Å². The van der Waals surface area contributed by atoms with Gasteiger partial charge in [-0.1, -0.05) is 19.8 Å². The lowest BCUT2D eigenvalue weighted by Gasteiger charge is -2.37. The van der Waals surface area contributed by atoms with Crippen molar-refractivity contribution in [2.24, 2.45) is 17.6 Å². The highest BCUT2D eigenvalue weighted by molar-refractivity contribution is 5.80. The normalized spacial score (nSPS) is 33.6. The molecule has 3 atom stereocenters. The quantitative estimate of drug-likeness (QED) is 0.839. The Morgan fingerprint density at radius 2 is 1.89 bits per heavy atom. The fourth-order valence-electron chi connectivity index (χ4n) is 3.71. The lowest BCUT2D eigenvalue weighted by Crippen LogP contribution is -2.49. The van der Waals surface area contributed by atoms with Crippen LogP contribution in [-0.4, -0.2) is 29.4 Å². The Bertz CT molecular complexity index is 282. The highest BCUT2D eigenvalue weighted by atomic mass is 16.2. The summed E-state index contributed by atoms with van der Waals surface area (Å²) < 4.78 is 0. The van der Waals surface area contributed by atoms with Crippen molar-refractivity contribution in [1.82, 2.24) is 4.90 Å². The predicted molar refractivity (Wildman–Crippen MR) is 74.1 cm³/mol. The van der Waals surface area contributed by atoms with Crippen LogP contribution >= 0.6 is 0 Å². The lowest BCUT2D eigenvalue weighted by molar-refractivity contribution is -0.139. The molecule has 2 saturated carbocycles. The van der Waals surface area contributed by atoms with E-state index in [-0.39, 0.29) is 12.0 Å². The third-order valence-corrected chi connectivity index (χ3v) is 4.87. The molecular formula is C15H28N2O. The molecular weight excluding hydrogens is 224 g/mol. The maximum absolute atomic E-state index is 12.7. The lowest BCUT2D eigenvalue weighted by atomic mass is 9.78. The van der Waals surface area contributed by atoms with Gasteiger partial charge in [0.1, 0.15) is 0 Å². The van der Waals surface area contributed by atoms with Gasteiger partial charge in [0.15, 0.2) is 0 Å². The molecule has 0 saturated heterocycles. The van der Waals surface area contributed by atoms with Crippen molar-refractivity contribution in [2.45, 2.75) is 70.9 Å². The molecule has 0 aromatic heterocycles. The monoisotopic (exact) mass is 252 g/mol. The summed E-state index contributed by atoms with van der Waals surface area (Å²) in [5.74, 6) is 1.07. The Labute approximate surface area is 111 Å². The zero-order valence-electron chi connectivity index (χ0n) is 11.9. The van der Waals surface area contributed by atoms with Crippen molar-refractivity contribution >= 4 is 5.91 Å². The molecule has 3 nitrogen and oxygen atoms in total. The third-order valence-electron chi connectivity index (χ3n) is 4.87. The Morgan fingerprint density at radius 1 is 1.22 bits per heavy atom. The minimum absolute atomic E-state index is 0.0781. The second kappa shape index (κ2) is 6.05. The largest absolute Gasteiger partial charge is 0.340 e. The average Bonchev–Trinajstić information content (AvgIpc) is 2.87. The van der Waals surface area contributed by atoms with Gasteiger partial charge in [-0.3, -0.25) is 4.79 Å². The molecule has 104 valence electrons. The second-order valence-electron chi connectivity index (χ2n) is 6.25. The standard InChI is InChI=1S/C15H28N2O/c1-3-17(12-6-4-5-7-12)15(18)13-10-11(2)8-9-14(13)16/h11-14H,3-10,16H2,1-2H3. The van der Waals surface area contributed by atoms with Gasteiger partial charge in [-0.05, 0) is 44.9 Å². The summed E-state index contributed by atoms with van der Waals surface area (Å²) in [6.07, 6.45) is 8.13. The van der Waals surface area contributed by atoms with E-state index in [0.29, 0.717) is 17.9 Å². The van der Waals surface area contributed by atoms with E-state index in [1.165, 1.54) is 32.1 Å². The van der Waals surface area contributed by atoms with Gasteiger partial charge in [0.2, 0.25) is 5.91 Å². The van der Waals surface area contributed by atoms with Crippen molar-refractivity contribution in [2.75, 3.05) is 6.54 Å². The van der Waals surface area contributed by atoms with Crippen LogP contribution in [-0.2, 0) is 4.79 Å². The number of carbonyl (C=O) groups is 1.